The van der Waals surface area contributed by atoms with Gasteiger partial charge in [0.1, 0.15) is 5.78 Å². The molecule has 0 amide bonds. The summed E-state index contributed by atoms with van der Waals surface area (Å²) < 4.78 is 0. The molecule has 4 fully saturated rings. The Kier molecular flexibility index (Phi) is 4.53. The van der Waals surface area contributed by atoms with Crippen molar-refractivity contribution in [3.63, 3.8) is 0 Å². The van der Waals surface area contributed by atoms with Crippen molar-refractivity contribution < 1.29 is 20.0 Å². The first-order valence-corrected chi connectivity index (χ1v) is 10.4. The van der Waals surface area contributed by atoms with Crippen molar-refractivity contribution in [2.24, 2.45) is 40.4 Å². The third kappa shape index (κ3) is 2.62. The second-order valence-electron chi connectivity index (χ2n) is 10.0. The second-order valence-corrected chi connectivity index (χ2v) is 10.0. The van der Waals surface area contributed by atoms with Gasteiger partial charge in [-0.15, -0.1) is 0 Å². The van der Waals surface area contributed by atoms with E-state index in [1.807, 2.05) is 6.92 Å². The minimum Gasteiger partial charge on any atom is -0.300 e. The van der Waals surface area contributed by atoms with Gasteiger partial charge < -0.3 is 0 Å². The van der Waals surface area contributed by atoms with Gasteiger partial charge >= 0.3 is 0 Å². The van der Waals surface area contributed by atoms with E-state index in [9.17, 15) is 4.79 Å². The van der Waals surface area contributed by atoms with Crippen LogP contribution in [-0.2, 0) is 14.7 Å². The number of hydrogen-bond donors (Lipinski definition) is 1. The van der Waals surface area contributed by atoms with Gasteiger partial charge in [-0.25, -0.2) is 10.1 Å². The lowest BCUT2D eigenvalue weighted by atomic mass is 9.44. The molecule has 25 heavy (non-hydrogen) atoms. The smallest absolute Gasteiger partial charge is 0.133 e. The summed E-state index contributed by atoms with van der Waals surface area (Å²) in [6.07, 6.45) is 10.7. The molecule has 4 aliphatic carbocycles. The van der Waals surface area contributed by atoms with Crippen molar-refractivity contribution in [3.8, 4) is 0 Å². The molecule has 0 aromatic heterocycles. The lowest BCUT2D eigenvalue weighted by Gasteiger charge is -2.60. The normalized spacial score (nSPS) is 52.2. The lowest BCUT2D eigenvalue weighted by Crippen LogP contribution is -2.54. The summed E-state index contributed by atoms with van der Waals surface area (Å²) in [4.78, 5) is 17.3. The van der Waals surface area contributed by atoms with Gasteiger partial charge in [-0.1, -0.05) is 18.9 Å². The third-order valence-electron chi connectivity index (χ3n) is 9.29. The van der Waals surface area contributed by atoms with Crippen molar-refractivity contribution >= 4 is 5.78 Å². The van der Waals surface area contributed by atoms with Gasteiger partial charge in [0.25, 0.3) is 0 Å². The highest BCUT2D eigenvalue weighted by Gasteiger charge is 2.60. The number of hydrogen-bond acceptors (Lipinski definition) is 4. The first kappa shape index (κ1) is 17.9. The molecule has 8 atom stereocenters. The first-order chi connectivity index (χ1) is 11.9. The molecule has 3 unspecified atom stereocenters. The van der Waals surface area contributed by atoms with E-state index in [0.29, 0.717) is 23.0 Å². The molecule has 4 rings (SSSR count). The van der Waals surface area contributed by atoms with Crippen LogP contribution < -0.4 is 0 Å². The molecular formula is C21H34O4. The molecule has 4 aliphatic rings. The van der Waals surface area contributed by atoms with Gasteiger partial charge in [0.2, 0.25) is 0 Å². The SMILES string of the molecule is CC(=O)[C@H]1CCC2C3CC[C@H]4C[C@@H](OOO)CC[C@]4(C)C3CC[C@@]21C. The van der Waals surface area contributed by atoms with Gasteiger partial charge in [-0.2, -0.15) is 0 Å². The van der Waals surface area contributed by atoms with Crippen LogP contribution in [-0.4, -0.2) is 17.1 Å². The average Bonchev–Trinajstić information content (AvgIpc) is 2.93. The van der Waals surface area contributed by atoms with Crippen LogP contribution in [0.25, 0.3) is 0 Å². The van der Waals surface area contributed by atoms with Crippen LogP contribution in [0, 0.1) is 40.4 Å². The predicted molar refractivity (Wildman–Crippen MR) is 94.5 cm³/mol. The maximum atomic E-state index is 12.2. The van der Waals surface area contributed by atoms with Crippen molar-refractivity contribution in [2.45, 2.75) is 84.7 Å². The molecule has 142 valence electrons. The molecule has 0 heterocycles. The quantitative estimate of drug-likeness (QED) is 0.573. The van der Waals surface area contributed by atoms with Crippen molar-refractivity contribution in [2.75, 3.05) is 0 Å². The zero-order chi connectivity index (χ0) is 17.8. The van der Waals surface area contributed by atoms with E-state index in [1.165, 1.54) is 38.5 Å². The Morgan fingerprint density at radius 1 is 0.960 bits per heavy atom. The number of rotatable bonds is 3. The molecule has 0 aromatic carbocycles. The molecule has 0 aliphatic heterocycles. The Balaban J connectivity index is 1.55. The largest absolute Gasteiger partial charge is 0.300 e. The highest BCUT2D eigenvalue weighted by atomic mass is 17.5. The van der Waals surface area contributed by atoms with Crippen LogP contribution in [0.5, 0.6) is 0 Å². The van der Waals surface area contributed by atoms with E-state index < -0.39 is 0 Å². The predicted octanol–water partition coefficient (Wildman–Crippen LogP) is 5.02. The zero-order valence-corrected chi connectivity index (χ0v) is 16.0. The van der Waals surface area contributed by atoms with Crippen LogP contribution in [0.1, 0.15) is 78.6 Å². The van der Waals surface area contributed by atoms with E-state index in [2.05, 4.69) is 18.9 Å². The Labute approximate surface area is 151 Å². The number of fused-ring (bicyclic) bond motifs is 5. The summed E-state index contributed by atoms with van der Waals surface area (Å²) in [7, 11) is 0. The topological polar surface area (TPSA) is 55.8 Å². The zero-order valence-electron chi connectivity index (χ0n) is 16.0. The van der Waals surface area contributed by atoms with Gasteiger partial charge in [-0.3, -0.25) is 4.79 Å². The summed E-state index contributed by atoms with van der Waals surface area (Å²) >= 11 is 0. The molecule has 1 N–H and O–H groups in total. The molecule has 4 heteroatoms. The van der Waals surface area contributed by atoms with Crippen LogP contribution in [0.4, 0.5) is 0 Å². The van der Waals surface area contributed by atoms with E-state index >= 15 is 0 Å². The van der Waals surface area contributed by atoms with Crippen LogP contribution >= 0.6 is 0 Å². The van der Waals surface area contributed by atoms with E-state index in [-0.39, 0.29) is 11.5 Å². The summed E-state index contributed by atoms with van der Waals surface area (Å²) in [5.41, 5.74) is 0.648. The third-order valence-corrected chi connectivity index (χ3v) is 9.29. The maximum Gasteiger partial charge on any atom is 0.133 e. The molecular weight excluding hydrogens is 316 g/mol. The van der Waals surface area contributed by atoms with Crippen LogP contribution in [0.2, 0.25) is 0 Å². The van der Waals surface area contributed by atoms with Gasteiger partial charge in [0, 0.05) is 5.92 Å². The standard InChI is InChI=1S/C21H34O4/c1-13(22)17-6-7-18-16-5-4-14-12-15(24-25-23)8-10-20(14,2)19(16)9-11-21(17,18)3/h14-19,23H,4-12H2,1-3H3/t14-,15-,16?,17+,18?,19?,20-,21+/m0/s1. The first-order valence-electron chi connectivity index (χ1n) is 10.4. The molecule has 0 spiro atoms. The van der Waals surface area contributed by atoms with Gasteiger partial charge in [-0.05, 0) is 99.2 Å². The number of Topliss-reactive ketones (excluding diaryl/α,β-unsaturated/α-hetero) is 1. The minimum atomic E-state index is 0.0436. The summed E-state index contributed by atoms with van der Waals surface area (Å²) in [6, 6.07) is 0. The lowest BCUT2D eigenvalue weighted by molar-refractivity contribution is -0.509. The molecule has 4 saturated carbocycles. The summed E-state index contributed by atoms with van der Waals surface area (Å²) in [5.74, 6) is 3.74. The summed E-state index contributed by atoms with van der Waals surface area (Å²) in [5, 5.41) is 12.6. The van der Waals surface area contributed by atoms with E-state index in [1.54, 1.807) is 0 Å². The summed E-state index contributed by atoms with van der Waals surface area (Å²) in [6.45, 7) is 6.75. The minimum absolute atomic E-state index is 0.0436. The fourth-order valence-corrected chi connectivity index (χ4v) is 8.03. The van der Waals surface area contributed by atoms with Crippen LogP contribution in [0.3, 0.4) is 0 Å². The fraction of sp³-hybridized carbons (Fsp3) is 0.952. The maximum absolute atomic E-state index is 12.2. The number of ketones is 1. The number of carbonyl (C=O) groups excluding carboxylic acids is 1. The highest BCUT2D eigenvalue weighted by molar-refractivity contribution is 5.79. The van der Waals surface area contributed by atoms with Gasteiger partial charge in [0.15, 0.2) is 0 Å². The van der Waals surface area contributed by atoms with Crippen molar-refractivity contribution in [1.29, 1.82) is 0 Å². The molecule has 0 aromatic rings. The molecule has 0 radical (unpaired) electrons. The van der Waals surface area contributed by atoms with Crippen LogP contribution in [0.15, 0.2) is 0 Å². The number of carbonyl (C=O) groups is 1. The van der Waals surface area contributed by atoms with Crippen molar-refractivity contribution in [3.05, 3.63) is 0 Å². The van der Waals surface area contributed by atoms with E-state index in [4.69, 9.17) is 10.1 Å². The van der Waals surface area contributed by atoms with Crippen molar-refractivity contribution in [1.82, 2.24) is 0 Å². The second kappa shape index (κ2) is 6.31. The molecule has 0 saturated heterocycles. The highest BCUT2D eigenvalue weighted by Crippen LogP contribution is 2.67. The Morgan fingerprint density at radius 3 is 2.40 bits per heavy atom. The molecule has 4 nitrogen and oxygen atoms in total. The van der Waals surface area contributed by atoms with Gasteiger partial charge in [0.05, 0.1) is 6.10 Å². The molecule has 0 bridgehead atoms. The average molecular weight is 350 g/mol. The monoisotopic (exact) mass is 350 g/mol. The Morgan fingerprint density at radius 2 is 1.68 bits per heavy atom. The Bertz CT molecular complexity index is 534. The fourth-order valence-electron chi connectivity index (χ4n) is 8.03. The Hall–Kier alpha value is -0.450. The van der Waals surface area contributed by atoms with E-state index in [0.717, 1.165) is 37.0 Å².